The molecule has 0 aromatic carbocycles. The van der Waals surface area contributed by atoms with Crippen molar-refractivity contribution in [2.75, 3.05) is 19.7 Å². The summed E-state index contributed by atoms with van der Waals surface area (Å²) in [6.07, 6.45) is -8.72. The van der Waals surface area contributed by atoms with Gasteiger partial charge in [-0.25, -0.2) is 4.79 Å². The number of hydrogen-bond donors (Lipinski definition) is 9. The predicted molar refractivity (Wildman–Crippen MR) is 128 cm³/mol. The first-order valence-electron chi connectivity index (χ1n) is 9.58. The minimum Gasteiger partial charge on any atom is -0.441 e. The van der Waals surface area contributed by atoms with E-state index < -0.39 is 67.1 Å². The highest BCUT2D eigenvalue weighted by molar-refractivity contribution is 5.86. The molecule has 0 aromatic heterocycles. The van der Waals surface area contributed by atoms with Crippen LogP contribution in [0.25, 0.3) is 0 Å². The van der Waals surface area contributed by atoms with Crippen molar-refractivity contribution in [2.24, 2.45) is 22.9 Å². The Morgan fingerprint density at radius 2 is 1.58 bits per heavy atom. The first-order chi connectivity index (χ1) is 13.7. The summed E-state index contributed by atoms with van der Waals surface area (Å²) in [6.45, 7) is -0.0376. The molecule has 1 amide bonds. The van der Waals surface area contributed by atoms with Crippen molar-refractivity contribution >= 4 is 55.7 Å². The number of nitrogens with two attached hydrogens (primary N) is 4. The van der Waals surface area contributed by atoms with E-state index in [0.29, 0.717) is 6.42 Å². The van der Waals surface area contributed by atoms with Crippen LogP contribution in [0.1, 0.15) is 12.8 Å². The Kier molecular flexibility index (Phi) is 19.9. The molecule has 2 rings (SSSR count). The van der Waals surface area contributed by atoms with Gasteiger partial charge in [0, 0.05) is 31.8 Å². The van der Waals surface area contributed by atoms with E-state index in [9.17, 15) is 20.1 Å². The van der Waals surface area contributed by atoms with E-state index in [1.54, 1.807) is 0 Å². The van der Waals surface area contributed by atoms with Gasteiger partial charge in [-0.3, -0.25) is 0 Å². The van der Waals surface area contributed by atoms with Crippen LogP contribution in [0.3, 0.4) is 0 Å². The summed E-state index contributed by atoms with van der Waals surface area (Å²) >= 11 is 0. The first-order valence-corrected chi connectivity index (χ1v) is 9.58. The maximum Gasteiger partial charge on any atom is 0.407 e. The van der Waals surface area contributed by atoms with Crippen molar-refractivity contribution in [2.45, 2.75) is 73.9 Å². The van der Waals surface area contributed by atoms with E-state index in [1.807, 2.05) is 0 Å². The van der Waals surface area contributed by atoms with Crippen LogP contribution in [0, 0.1) is 0 Å². The highest BCUT2D eigenvalue weighted by atomic mass is 35.5. The number of aliphatic hydroxyl groups excluding tert-OH is 4. The summed E-state index contributed by atoms with van der Waals surface area (Å²) in [5.74, 6) is 0. The van der Waals surface area contributed by atoms with Crippen LogP contribution in [-0.2, 0) is 14.2 Å². The molecule has 0 aromatic rings. The van der Waals surface area contributed by atoms with Gasteiger partial charge in [0.2, 0.25) is 0 Å². The molecule has 0 bridgehead atoms. The second-order valence-electron chi connectivity index (χ2n) is 7.37. The quantitative estimate of drug-likeness (QED) is 0.137. The van der Waals surface area contributed by atoms with Gasteiger partial charge in [0.05, 0.1) is 6.04 Å². The zero-order valence-corrected chi connectivity index (χ0v) is 20.9. The van der Waals surface area contributed by atoms with E-state index in [2.05, 4.69) is 5.32 Å². The second-order valence-corrected chi connectivity index (χ2v) is 7.37. The number of amides is 1. The standard InChI is InChI=1S/C16H33N5O8.4ClH/c17-5-8-11(24)12(25)9(20)15(27-8)28-13-7(19)4-6(18)10(23)14(13)29-16(26)21-2-1-3-22;;;;/h6-15,22-25H,1-5,17-20H2,(H,21,26);4*1H/t6-,7+,8-,9-,10+,11-,12-,13-,14-,15-;;;;/m1..../s1. The number of aliphatic hydroxyl groups is 4. The van der Waals surface area contributed by atoms with Crippen molar-refractivity contribution < 1.29 is 39.4 Å². The maximum atomic E-state index is 12.0. The highest BCUT2D eigenvalue weighted by Gasteiger charge is 2.49. The molecule has 1 saturated heterocycles. The molecule has 2 aliphatic rings. The molecule has 0 unspecified atom stereocenters. The number of alkyl carbamates (subject to hydrolysis) is 1. The fraction of sp³-hybridized carbons (Fsp3) is 0.938. The largest absolute Gasteiger partial charge is 0.441 e. The van der Waals surface area contributed by atoms with Crippen molar-refractivity contribution in [1.29, 1.82) is 0 Å². The minimum absolute atomic E-state index is 0. The van der Waals surface area contributed by atoms with Crippen LogP contribution in [0.15, 0.2) is 0 Å². The third-order valence-electron chi connectivity index (χ3n) is 5.18. The number of carbonyl (C=O) groups excluding carboxylic acids is 1. The van der Waals surface area contributed by atoms with Gasteiger partial charge in [0.1, 0.15) is 30.5 Å². The van der Waals surface area contributed by atoms with Crippen LogP contribution in [0.4, 0.5) is 4.79 Å². The summed E-state index contributed by atoms with van der Waals surface area (Å²) in [5.41, 5.74) is 23.5. The Hall–Kier alpha value is 0.0300. The van der Waals surface area contributed by atoms with Gasteiger partial charge in [-0.2, -0.15) is 0 Å². The van der Waals surface area contributed by atoms with Crippen LogP contribution in [0.2, 0.25) is 0 Å². The molecule has 17 heteroatoms. The highest BCUT2D eigenvalue weighted by Crippen LogP contribution is 2.28. The number of nitrogens with one attached hydrogen (secondary N) is 1. The second kappa shape index (κ2) is 17.5. The average Bonchev–Trinajstić information content (AvgIpc) is 2.68. The lowest BCUT2D eigenvalue weighted by molar-refractivity contribution is -0.287. The van der Waals surface area contributed by atoms with Gasteiger partial charge in [-0.15, -0.1) is 49.6 Å². The molecular weight excluding hydrogens is 532 g/mol. The Balaban J connectivity index is -0.00000225. The van der Waals surface area contributed by atoms with Gasteiger partial charge < -0.3 is 62.9 Å². The van der Waals surface area contributed by atoms with E-state index >= 15 is 0 Å². The predicted octanol–water partition coefficient (Wildman–Crippen LogP) is -3.31. The third kappa shape index (κ3) is 9.54. The van der Waals surface area contributed by atoms with Gasteiger partial charge in [0.25, 0.3) is 0 Å². The smallest absolute Gasteiger partial charge is 0.407 e. The summed E-state index contributed by atoms with van der Waals surface area (Å²) in [7, 11) is 0. The molecule has 13 nitrogen and oxygen atoms in total. The Labute approximate surface area is 216 Å². The topological polar surface area (TPSA) is 242 Å². The molecule has 0 radical (unpaired) electrons. The molecule has 1 saturated carbocycles. The van der Waals surface area contributed by atoms with Crippen LogP contribution >= 0.6 is 49.6 Å². The van der Waals surface area contributed by atoms with Gasteiger partial charge in [0.15, 0.2) is 12.4 Å². The molecule has 1 aliphatic heterocycles. The fourth-order valence-electron chi connectivity index (χ4n) is 3.44. The maximum absolute atomic E-state index is 12.0. The molecule has 202 valence electrons. The summed E-state index contributed by atoms with van der Waals surface area (Å²) in [6, 6.07) is -2.63. The molecule has 1 aliphatic carbocycles. The van der Waals surface area contributed by atoms with Crippen molar-refractivity contribution in [1.82, 2.24) is 5.32 Å². The number of hydrogen-bond acceptors (Lipinski definition) is 12. The fourth-order valence-corrected chi connectivity index (χ4v) is 3.44. The Morgan fingerprint density at radius 3 is 2.12 bits per heavy atom. The lowest BCUT2D eigenvalue weighted by atomic mass is 9.84. The minimum atomic E-state index is -1.37. The van der Waals surface area contributed by atoms with Crippen molar-refractivity contribution in [3.8, 4) is 0 Å². The summed E-state index contributed by atoms with van der Waals surface area (Å²) < 4.78 is 16.6. The van der Waals surface area contributed by atoms with Crippen molar-refractivity contribution in [3.05, 3.63) is 0 Å². The lowest BCUT2D eigenvalue weighted by Gasteiger charge is -2.46. The Morgan fingerprint density at radius 1 is 0.970 bits per heavy atom. The lowest BCUT2D eigenvalue weighted by Crippen LogP contribution is -2.68. The monoisotopic (exact) mass is 567 g/mol. The molecule has 2 fully saturated rings. The summed E-state index contributed by atoms with van der Waals surface area (Å²) in [4.78, 5) is 12.0. The zero-order valence-electron chi connectivity index (χ0n) is 17.7. The number of ether oxygens (including phenoxy) is 3. The first kappa shape index (κ1) is 37.6. The van der Waals surface area contributed by atoms with Crippen LogP contribution in [-0.4, -0.2) is 107 Å². The summed E-state index contributed by atoms with van der Waals surface area (Å²) in [5, 5.41) is 41.8. The van der Waals surface area contributed by atoms with E-state index in [1.165, 1.54) is 0 Å². The number of carbonyl (C=O) groups is 1. The van der Waals surface area contributed by atoms with Crippen LogP contribution < -0.4 is 28.3 Å². The zero-order chi connectivity index (χ0) is 21.7. The average molecular weight is 569 g/mol. The van der Waals surface area contributed by atoms with Gasteiger partial charge in [-0.05, 0) is 12.8 Å². The van der Waals surface area contributed by atoms with Gasteiger partial charge >= 0.3 is 6.09 Å². The Bertz CT molecular complexity index is 547. The third-order valence-corrected chi connectivity index (χ3v) is 5.18. The van der Waals surface area contributed by atoms with E-state index in [-0.39, 0.29) is 75.7 Å². The van der Waals surface area contributed by atoms with E-state index in [4.69, 9.17) is 42.3 Å². The van der Waals surface area contributed by atoms with Gasteiger partial charge in [-0.1, -0.05) is 0 Å². The number of rotatable bonds is 7. The molecule has 1 heterocycles. The number of halogens is 4. The molecule has 0 spiro atoms. The molecular formula is C16H37Cl4N5O8. The van der Waals surface area contributed by atoms with Crippen molar-refractivity contribution in [3.63, 3.8) is 0 Å². The van der Waals surface area contributed by atoms with E-state index in [0.717, 1.165) is 0 Å². The normalized spacial score (nSPS) is 37.8. The molecule has 13 N–H and O–H groups in total. The van der Waals surface area contributed by atoms with Crippen LogP contribution in [0.5, 0.6) is 0 Å². The molecule has 10 atom stereocenters. The SMILES string of the molecule is Cl.Cl.Cl.Cl.NC[C@H]1O[C@H](O[C@H]2[C@H](OC(=O)NCCCO)[C@@H](O)[C@H](N)C[C@@H]2N)[C@H](N)[C@@H](O)[C@@H]1O. The molecule has 33 heavy (non-hydrogen) atoms.